The van der Waals surface area contributed by atoms with E-state index in [1.807, 2.05) is 0 Å². The third-order valence-corrected chi connectivity index (χ3v) is 10.8. The van der Waals surface area contributed by atoms with Crippen LogP contribution in [0.1, 0.15) is 51.4 Å². The Kier molecular flexibility index (Phi) is 5.56. The van der Waals surface area contributed by atoms with Gasteiger partial charge in [-0.25, -0.2) is 0 Å². The van der Waals surface area contributed by atoms with E-state index in [4.69, 9.17) is 18.9 Å². The monoisotopic (exact) mass is 480 g/mol. The molecule has 15 atom stereocenters. The number of epoxide rings is 3. The summed E-state index contributed by atoms with van der Waals surface area (Å²) in [5, 5.41) is 0. The predicted octanol–water partition coefficient (Wildman–Crippen LogP) is 4.86. The molecule has 3 saturated heterocycles. The molecule has 9 aliphatic rings. The van der Waals surface area contributed by atoms with E-state index in [-0.39, 0.29) is 12.1 Å². The minimum absolute atomic E-state index is 0.121. The Bertz CT molecular complexity index is 899. The number of fused-ring (bicyclic) bond motifs is 15. The average Bonchev–Trinajstić information content (AvgIpc) is 3.80. The topological polar surface area (TPSA) is 63.9 Å². The lowest BCUT2D eigenvalue weighted by Crippen LogP contribution is -2.28. The van der Waals surface area contributed by atoms with Crippen molar-refractivity contribution in [2.75, 3.05) is 0 Å². The summed E-state index contributed by atoms with van der Waals surface area (Å²) in [5.74, 6) is 6.29. The minimum Gasteiger partial charge on any atom is -0.462 e. The van der Waals surface area contributed by atoms with Crippen LogP contribution >= 0.6 is 0 Å². The molecule has 5 heteroatoms. The van der Waals surface area contributed by atoms with E-state index in [1.54, 1.807) is 6.08 Å². The summed E-state index contributed by atoms with van der Waals surface area (Å²) in [4.78, 5) is 11.3. The van der Waals surface area contributed by atoms with Crippen LogP contribution in [0.3, 0.4) is 0 Å². The van der Waals surface area contributed by atoms with Gasteiger partial charge in [0.05, 0.1) is 43.0 Å². The molecule has 0 spiro atoms. The third-order valence-electron chi connectivity index (χ3n) is 10.8. The molecule has 6 bridgehead atoms. The lowest BCUT2D eigenvalue weighted by atomic mass is 9.86. The molecular weight excluding hydrogens is 440 g/mol. The van der Waals surface area contributed by atoms with Crippen LogP contribution in [-0.2, 0) is 23.7 Å². The van der Waals surface area contributed by atoms with Crippen LogP contribution in [0.25, 0.3) is 0 Å². The Morgan fingerprint density at radius 1 is 0.714 bits per heavy atom. The molecule has 3 heterocycles. The molecule has 0 aromatic heterocycles. The van der Waals surface area contributed by atoms with Crippen LogP contribution in [0, 0.1) is 47.3 Å². The van der Waals surface area contributed by atoms with Gasteiger partial charge >= 0.3 is 5.97 Å². The lowest BCUT2D eigenvalue weighted by molar-refractivity contribution is -0.150. The van der Waals surface area contributed by atoms with Crippen molar-refractivity contribution in [3.8, 4) is 0 Å². The maximum absolute atomic E-state index is 11.3. The quantitative estimate of drug-likeness (QED) is 0.309. The highest BCUT2D eigenvalue weighted by Crippen LogP contribution is 2.60. The first-order valence-corrected chi connectivity index (χ1v) is 14.1. The summed E-state index contributed by atoms with van der Waals surface area (Å²) in [6, 6.07) is 0. The second-order valence-electron chi connectivity index (χ2n) is 12.6. The van der Waals surface area contributed by atoms with Crippen molar-refractivity contribution in [3.63, 3.8) is 0 Å². The largest absolute Gasteiger partial charge is 0.462 e. The summed E-state index contributed by atoms with van der Waals surface area (Å²) in [5.41, 5.74) is 0. The Balaban J connectivity index is 0.0000000914. The van der Waals surface area contributed by atoms with Crippen molar-refractivity contribution >= 4 is 5.97 Å². The molecule has 0 aromatic rings. The zero-order valence-corrected chi connectivity index (χ0v) is 20.7. The maximum Gasteiger partial charge on any atom is 0.309 e. The number of carbonyl (C=O) groups is 1. The Morgan fingerprint density at radius 2 is 1.31 bits per heavy atom. The number of carbonyl (C=O) groups excluding carboxylic acids is 1. The van der Waals surface area contributed by atoms with E-state index in [0.29, 0.717) is 54.9 Å². The van der Waals surface area contributed by atoms with E-state index < -0.39 is 0 Å². The van der Waals surface area contributed by atoms with Crippen molar-refractivity contribution in [3.05, 3.63) is 38.0 Å². The van der Waals surface area contributed by atoms with Crippen LogP contribution in [-0.4, -0.2) is 48.7 Å². The fourth-order valence-electron chi connectivity index (χ4n) is 9.15. The van der Waals surface area contributed by atoms with E-state index in [1.165, 1.54) is 38.5 Å². The van der Waals surface area contributed by atoms with Gasteiger partial charge in [-0.05, 0) is 86.4 Å². The maximum atomic E-state index is 11.3. The zero-order valence-electron chi connectivity index (χ0n) is 20.7. The normalized spacial score (nSPS) is 54.8. The minimum atomic E-state index is -0.144. The van der Waals surface area contributed by atoms with E-state index in [9.17, 15) is 4.79 Å². The molecule has 9 fully saturated rings. The summed E-state index contributed by atoms with van der Waals surface area (Å²) >= 11 is 0. The van der Waals surface area contributed by atoms with Gasteiger partial charge in [0.15, 0.2) is 0 Å². The molecule has 5 nitrogen and oxygen atoms in total. The van der Waals surface area contributed by atoms with Gasteiger partial charge in [-0.15, -0.1) is 19.7 Å². The number of esters is 1. The number of hydrogen-bond acceptors (Lipinski definition) is 5. The van der Waals surface area contributed by atoms with Gasteiger partial charge in [0.1, 0.15) is 6.10 Å². The zero-order chi connectivity index (χ0) is 23.8. The Morgan fingerprint density at radius 3 is 1.83 bits per heavy atom. The van der Waals surface area contributed by atoms with Gasteiger partial charge in [-0.2, -0.15) is 0 Å². The molecule has 6 saturated carbocycles. The molecule has 190 valence electrons. The molecule has 15 unspecified atom stereocenters. The Hall–Kier alpha value is -1.43. The second kappa shape index (κ2) is 8.56. The van der Waals surface area contributed by atoms with Gasteiger partial charge in [0.2, 0.25) is 0 Å². The van der Waals surface area contributed by atoms with Crippen molar-refractivity contribution in [2.45, 2.75) is 94.1 Å². The van der Waals surface area contributed by atoms with Gasteiger partial charge in [-0.1, -0.05) is 18.2 Å². The smallest absolute Gasteiger partial charge is 0.309 e. The van der Waals surface area contributed by atoms with Gasteiger partial charge in [-0.3, -0.25) is 4.79 Å². The number of rotatable bonds is 6. The van der Waals surface area contributed by atoms with Gasteiger partial charge < -0.3 is 18.9 Å². The fourth-order valence-corrected chi connectivity index (χ4v) is 9.15. The first kappa shape index (κ1) is 22.7. The molecule has 0 N–H and O–H groups in total. The summed E-state index contributed by atoms with van der Waals surface area (Å²) in [6.45, 7) is 11.2. The van der Waals surface area contributed by atoms with Crippen LogP contribution in [0.2, 0.25) is 0 Å². The third kappa shape index (κ3) is 3.88. The first-order valence-electron chi connectivity index (χ1n) is 14.1. The highest BCUT2D eigenvalue weighted by molar-refractivity contribution is 5.71. The van der Waals surface area contributed by atoms with Crippen molar-refractivity contribution in [1.29, 1.82) is 0 Å². The highest BCUT2D eigenvalue weighted by Gasteiger charge is 2.65. The molecule has 0 aromatic carbocycles. The van der Waals surface area contributed by atoms with Crippen molar-refractivity contribution in [2.24, 2.45) is 47.3 Å². The van der Waals surface area contributed by atoms with Crippen LogP contribution in [0.4, 0.5) is 0 Å². The van der Waals surface area contributed by atoms with Crippen LogP contribution in [0.15, 0.2) is 38.0 Å². The van der Waals surface area contributed by atoms with Gasteiger partial charge in [0, 0.05) is 5.92 Å². The standard InChI is InChI=1S/C11H14O3.C10H14O.C9H12O/c1-2-3-9(12)13-8-5-6-4-7(8)11-10(6)14-11;1-2-3-6-4-7-5-8(6)10-9(7)11-10;1-2-5-3-6-4-7(5)9-8(6)10-9/h2,6-8,10-11H,1,3-5H2;2,6-10H,1,3-5H2;2,5-9H,1,3-4H2. The van der Waals surface area contributed by atoms with Crippen molar-refractivity contribution < 1.29 is 23.7 Å². The number of hydrogen-bond donors (Lipinski definition) is 0. The summed E-state index contributed by atoms with van der Waals surface area (Å²) in [6.07, 6.45) is 18.9. The summed E-state index contributed by atoms with van der Waals surface area (Å²) in [7, 11) is 0. The molecule has 6 aliphatic carbocycles. The molecule has 35 heavy (non-hydrogen) atoms. The van der Waals surface area contributed by atoms with E-state index >= 15 is 0 Å². The molecule has 0 radical (unpaired) electrons. The van der Waals surface area contributed by atoms with Crippen molar-refractivity contribution in [1.82, 2.24) is 0 Å². The van der Waals surface area contributed by atoms with E-state index in [2.05, 4.69) is 31.9 Å². The fraction of sp³-hybridized carbons (Fsp3) is 0.767. The molecule has 9 rings (SSSR count). The van der Waals surface area contributed by atoms with Crippen LogP contribution in [0.5, 0.6) is 0 Å². The van der Waals surface area contributed by atoms with E-state index in [0.717, 1.165) is 41.9 Å². The average molecular weight is 481 g/mol. The predicted molar refractivity (Wildman–Crippen MR) is 131 cm³/mol. The highest BCUT2D eigenvalue weighted by atomic mass is 16.6. The lowest BCUT2D eigenvalue weighted by Gasteiger charge is -2.19. The second-order valence-corrected chi connectivity index (χ2v) is 12.6. The molecular formula is C30H40O5. The SMILES string of the molecule is C=CC1CC2CC1C1OC21.C=CCC(=O)OC1CC2CC1C1OC21.C=CCC1CC2CC1C1OC21. The molecule has 3 aliphatic heterocycles. The molecule has 0 amide bonds. The number of allylic oxidation sites excluding steroid dienone is 2. The number of ether oxygens (including phenoxy) is 4. The van der Waals surface area contributed by atoms with Gasteiger partial charge in [0.25, 0.3) is 0 Å². The summed E-state index contributed by atoms with van der Waals surface area (Å²) < 4.78 is 22.0. The van der Waals surface area contributed by atoms with Crippen LogP contribution < -0.4 is 0 Å². The first-order chi connectivity index (χ1) is 17.1. The Labute approximate surface area is 209 Å².